The lowest BCUT2D eigenvalue weighted by Gasteiger charge is -2.25. The van der Waals surface area contributed by atoms with Crippen molar-refractivity contribution in [2.75, 3.05) is 19.8 Å². The second kappa shape index (κ2) is 3.00. The highest BCUT2D eigenvalue weighted by Crippen LogP contribution is 2.37. The number of rotatable bonds is 1. The third-order valence-electron chi connectivity index (χ3n) is 2.05. The molecule has 2 N–H and O–H groups in total. The molecule has 2 atom stereocenters. The highest BCUT2D eigenvalue weighted by molar-refractivity contribution is 7.56. The van der Waals surface area contributed by atoms with Crippen molar-refractivity contribution in [1.29, 1.82) is 0 Å². The van der Waals surface area contributed by atoms with Gasteiger partial charge in [0.25, 0.3) is 0 Å². The third kappa shape index (κ3) is 1.57. The molecule has 1 fully saturated rings. The van der Waals surface area contributed by atoms with E-state index in [1.807, 2.05) is 6.66 Å². The van der Waals surface area contributed by atoms with Crippen molar-refractivity contribution in [1.82, 2.24) is 5.32 Å². The summed E-state index contributed by atoms with van der Waals surface area (Å²) in [7, 11) is -0.458. The molecule has 2 unspecified atom stereocenters. The fraction of sp³-hybridized carbons (Fsp3) is 0.857. The molecule has 0 saturated carbocycles. The monoisotopic (exact) mass is 160 g/mol. The van der Waals surface area contributed by atoms with Crippen LogP contribution in [0.4, 0.5) is 0 Å². The van der Waals surface area contributed by atoms with Gasteiger partial charge in [0.2, 0.25) is 5.34 Å². The number of hydrogen-bond acceptors (Lipinski definition) is 2. The van der Waals surface area contributed by atoms with E-state index in [2.05, 4.69) is 11.6 Å². The molecule has 1 aliphatic rings. The Bertz CT molecular complexity index is 141. The van der Waals surface area contributed by atoms with Crippen LogP contribution >= 0.6 is 7.55 Å². The minimum Gasteiger partial charge on any atom is -0.350 e. The van der Waals surface area contributed by atoms with E-state index in [0.29, 0.717) is 0 Å². The van der Waals surface area contributed by atoms with Gasteiger partial charge >= 0.3 is 0 Å². The van der Waals surface area contributed by atoms with Gasteiger partial charge in [-0.15, -0.1) is 0 Å². The Kier molecular flexibility index (Phi) is 2.45. The summed E-state index contributed by atoms with van der Waals surface area (Å²) in [4.78, 5) is 0. The fourth-order valence-corrected chi connectivity index (χ4v) is 2.12. The third-order valence-corrected chi connectivity index (χ3v) is 3.85. The Balaban J connectivity index is 2.56. The van der Waals surface area contributed by atoms with Crippen molar-refractivity contribution in [3.63, 3.8) is 0 Å². The van der Waals surface area contributed by atoms with E-state index in [0.717, 1.165) is 25.9 Å². The van der Waals surface area contributed by atoms with Crippen LogP contribution in [0.1, 0.15) is 12.8 Å². The molecule has 0 bridgehead atoms. The van der Waals surface area contributed by atoms with Crippen LogP contribution in [0.25, 0.3) is 0 Å². The van der Waals surface area contributed by atoms with E-state index in [-0.39, 0.29) is 0 Å². The molecule has 0 aromatic heterocycles. The van der Waals surface area contributed by atoms with E-state index < -0.39 is 12.9 Å². The Morgan fingerprint density at radius 2 is 2.40 bits per heavy atom. The highest BCUT2D eigenvalue weighted by Gasteiger charge is 2.38. The smallest absolute Gasteiger partial charge is 0.234 e. The van der Waals surface area contributed by atoms with Gasteiger partial charge in [-0.25, -0.2) is 0 Å². The first-order valence-corrected chi connectivity index (χ1v) is 5.60. The molecule has 1 rings (SSSR count). The molecule has 0 spiro atoms. The van der Waals surface area contributed by atoms with Crippen LogP contribution in [0.3, 0.4) is 0 Å². The lowest BCUT2D eigenvalue weighted by atomic mass is 10.1. The van der Waals surface area contributed by atoms with Gasteiger partial charge in [-0.05, 0) is 13.0 Å². The molecule has 0 radical (unpaired) electrons. The normalized spacial score (nSPS) is 35.6. The average Bonchev–Trinajstić information content (AvgIpc) is 1.89. The van der Waals surface area contributed by atoms with Crippen LogP contribution in [0.15, 0.2) is 0 Å². The van der Waals surface area contributed by atoms with Crippen LogP contribution in [0, 0.1) is 0 Å². The summed E-state index contributed by atoms with van der Waals surface area (Å²) in [5.41, 5.74) is 0. The van der Waals surface area contributed by atoms with Gasteiger partial charge in [0.05, 0.1) is 19.5 Å². The van der Waals surface area contributed by atoms with E-state index in [1.54, 1.807) is 0 Å². The summed E-state index contributed by atoms with van der Waals surface area (Å²) in [6, 6.07) is 0. The van der Waals surface area contributed by atoms with Gasteiger partial charge in [-0.2, -0.15) is 0 Å². The zero-order chi connectivity index (χ0) is 7.61. The van der Waals surface area contributed by atoms with Crippen molar-refractivity contribution in [2.24, 2.45) is 0 Å². The predicted molar refractivity (Wildman–Crippen MR) is 47.0 cm³/mol. The SMILES string of the molecule is C=[P+](C)C1(O)CCCNC1. The first-order chi connectivity index (χ1) is 4.65. The molecule has 0 aromatic carbocycles. The topological polar surface area (TPSA) is 32.3 Å². The minimum atomic E-state index is -0.479. The van der Waals surface area contributed by atoms with Crippen LogP contribution in [-0.4, -0.2) is 36.5 Å². The minimum absolute atomic E-state index is 0.458. The van der Waals surface area contributed by atoms with Gasteiger partial charge in [-0.1, -0.05) is 0 Å². The largest absolute Gasteiger partial charge is 0.350 e. The maximum absolute atomic E-state index is 9.85. The van der Waals surface area contributed by atoms with Gasteiger partial charge in [0.1, 0.15) is 7.55 Å². The molecule has 1 heterocycles. The first-order valence-electron chi connectivity index (χ1n) is 3.62. The summed E-state index contributed by atoms with van der Waals surface area (Å²) in [5.74, 6) is 0. The number of hydrogen-bond donors (Lipinski definition) is 2. The number of aliphatic hydroxyl groups is 1. The number of piperidine rings is 1. The van der Waals surface area contributed by atoms with Crippen LogP contribution in [0.5, 0.6) is 0 Å². The van der Waals surface area contributed by atoms with E-state index >= 15 is 0 Å². The lowest BCUT2D eigenvalue weighted by molar-refractivity contribution is 0.103. The van der Waals surface area contributed by atoms with Crippen molar-refractivity contribution in [3.8, 4) is 0 Å². The Labute approximate surface area is 63.0 Å². The highest BCUT2D eigenvalue weighted by atomic mass is 31.1. The average molecular weight is 160 g/mol. The molecule has 58 valence electrons. The van der Waals surface area contributed by atoms with E-state index in [4.69, 9.17) is 0 Å². The Morgan fingerprint density at radius 3 is 2.70 bits per heavy atom. The summed E-state index contributed by atoms with van der Waals surface area (Å²) in [6.45, 7) is 3.81. The standard InChI is InChI=1S/C7H15NOP/c1-10(2)7(9)4-3-5-8-6-7/h8-9H,1,3-6H2,2H3/q+1. The second-order valence-corrected chi connectivity index (χ2v) is 5.19. The molecule has 10 heavy (non-hydrogen) atoms. The van der Waals surface area contributed by atoms with E-state index in [9.17, 15) is 5.11 Å². The fourth-order valence-electron chi connectivity index (χ4n) is 1.20. The van der Waals surface area contributed by atoms with Gasteiger partial charge in [0.15, 0.2) is 0 Å². The number of nitrogens with one attached hydrogen (secondary N) is 1. The molecule has 3 heteroatoms. The summed E-state index contributed by atoms with van der Waals surface area (Å²) in [5, 5.41) is 12.6. The summed E-state index contributed by atoms with van der Waals surface area (Å²) < 4.78 is 0. The van der Waals surface area contributed by atoms with Crippen molar-refractivity contribution >= 4 is 13.8 Å². The van der Waals surface area contributed by atoms with Crippen LogP contribution < -0.4 is 5.32 Å². The first kappa shape index (κ1) is 8.19. The van der Waals surface area contributed by atoms with Crippen LogP contribution in [0.2, 0.25) is 0 Å². The molecule has 0 aliphatic carbocycles. The zero-order valence-corrected chi connectivity index (χ0v) is 7.32. The molecular formula is C7H15NOP+. The Morgan fingerprint density at radius 1 is 1.70 bits per heavy atom. The van der Waals surface area contributed by atoms with Crippen molar-refractivity contribution in [3.05, 3.63) is 0 Å². The molecule has 1 saturated heterocycles. The summed E-state index contributed by atoms with van der Waals surface area (Å²) >= 11 is 0. The molecule has 1 aliphatic heterocycles. The maximum atomic E-state index is 9.85. The molecular weight excluding hydrogens is 145 g/mol. The van der Waals surface area contributed by atoms with E-state index in [1.165, 1.54) is 0 Å². The van der Waals surface area contributed by atoms with Crippen molar-refractivity contribution in [2.45, 2.75) is 18.2 Å². The maximum Gasteiger partial charge on any atom is 0.234 e. The lowest BCUT2D eigenvalue weighted by Crippen LogP contribution is -2.42. The molecule has 2 nitrogen and oxygen atoms in total. The van der Waals surface area contributed by atoms with Gasteiger partial charge in [0, 0.05) is 6.42 Å². The van der Waals surface area contributed by atoms with Crippen LogP contribution in [-0.2, 0) is 0 Å². The number of β-amino-alcohol motifs (C(OH)–C–C–N with tert-alkyl or cyclic N) is 1. The molecule has 0 aromatic rings. The second-order valence-electron chi connectivity index (χ2n) is 2.96. The quantitative estimate of drug-likeness (QED) is 0.550. The van der Waals surface area contributed by atoms with Gasteiger partial charge in [-0.3, -0.25) is 0 Å². The zero-order valence-electron chi connectivity index (χ0n) is 6.43. The molecule has 0 amide bonds. The van der Waals surface area contributed by atoms with Gasteiger partial charge < -0.3 is 10.4 Å². The van der Waals surface area contributed by atoms with Crippen molar-refractivity contribution < 1.29 is 5.11 Å². The summed E-state index contributed by atoms with van der Waals surface area (Å²) in [6.07, 6.45) is 5.91. The Hall–Kier alpha value is 0.0900. The predicted octanol–water partition coefficient (Wildman–Crippen LogP) is 0.602.